The molecule has 0 spiro atoms. The van der Waals surface area contributed by atoms with E-state index in [1.807, 2.05) is 0 Å². The summed E-state index contributed by atoms with van der Waals surface area (Å²) in [5.74, 6) is 0. The van der Waals surface area contributed by atoms with Crippen molar-refractivity contribution in [3.8, 4) is 0 Å². The molecular weight excluding hydrogens is 578 g/mol. The van der Waals surface area contributed by atoms with E-state index >= 15 is 0 Å². The molecule has 145 valence electrons. The minimum absolute atomic E-state index is 0. The van der Waals surface area contributed by atoms with Crippen LogP contribution >= 0.6 is 0 Å². The van der Waals surface area contributed by atoms with Gasteiger partial charge in [0.15, 0.2) is 0 Å². The molecule has 0 heterocycles. The van der Waals surface area contributed by atoms with Gasteiger partial charge in [0.25, 0.3) is 0 Å². The molecule has 0 aromatic heterocycles. The Bertz CT molecular complexity index is 957. The number of halogens is 2. The molecule has 0 aliphatic rings. The predicted molar refractivity (Wildman–Crippen MR) is 115 cm³/mol. The van der Waals surface area contributed by atoms with Gasteiger partial charge in [-0.3, -0.25) is 0 Å². The Morgan fingerprint density at radius 3 is 1.48 bits per heavy atom. The third-order valence-corrected chi connectivity index (χ3v) is 6.72. The minimum atomic E-state index is 0. The van der Waals surface area contributed by atoms with Gasteiger partial charge in [-0.15, -0.1) is 59.3 Å². The van der Waals surface area contributed by atoms with Gasteiger partial charge < -0.3 is 24.8 Å². The molecule has 0 unspecified atom stereocenters. The Hall–Kier alpha value is -1.45. The van der Waals surface area contributed by atoms with Crippen LogP contribution in [0.4, 0.5) is 0 Å². The summed E-state index contributed by atoms with van der Waals surface area (Å²) in [7, 11) is 0. The zero-order chi connectivity index (χ0) is 18.7. The maximum Gasteiger partial charge on any atom is -0.0809 e. The van der Waals surface area contributed by atoms with Crippen molar-refractivity contribution in [1.29, 1.82) is 0 Å². The number of benzene rings is 3. The molecule has 0 amide bonds. The van der Waals surface area contributed by atoms with Crippen molar-refractivity contribution in [2.75, 3.05) is 0 Å². The van der Waals surface area contributed by atoms with Gasteiger partial charge in [0.05, 0.1) is 0 Å². The zero-order valence-electron chi connectivity index (χ0n) is 15.9. The fourth-order valence-corrected chi connectivity index (χ4v) is 5.48. The molecule has 5 aromatic rings. The molecule has 0 nitrogen and oxygen atoms in total. The summed E-state index contributed by atoms with van der Waals surface area (Å²) in [6.45, 7) is 0. The van der Waals surface area contributed by atoms with Crippen LogP contribution < -0.4 is 24.8 Å². The molecule has 0 bridgehead atoms. The van der Waals surface area contributed by atoms with Gasteiger partial charge in [-0.05, 0) is 0 Å². The second-order valence-corrected chi connectivity index (χ2v) is 10.7. The average Bonchev–Trinajstić information content (AvgIpc) is 3.39. The molecule has 4 heteroatoms. The van der Waals surface area contributed by atoms with Crippen molar-refractivity contribution in [3.05, 3.63) is 121 Å². The molecule has 0 atom stereocenters. The first-order valence-electron chi connectivity index (χ1n) is 9.01. The molecule has 0 aliphatic heterocycles. The van der Waals surface area contributed by atoms with Crippen LogP contribution in [-0.4, -0.2) is 6.22 Å². The van der Waals surface area contributed by atoms with Crippen molar-refractivity contribution in [1.82, 2.24) is 0 Å². The molecule has 5 rings (SSSR count). The Labute approximate surface area is 201 Å². The Kier molecular flexibility index (Phi) is 12.8. The van der Waals surface area contributed by atoms with Gasteiger partial charge in [-0.2, -0.15) is 35.0 Å². The largest absolute Gasteiger partial charge is 0.168 e. The second kappa shape index (κ2) is 14.5. The van der Waals surface area contributed by atoms with Crippen LogP contribution in [0.1, 0.15) is 5.56 Å². The van der Waals surface area contributed by atoms with E-state index in [9.17, 15) is 0 Å². The van der Waals surface area contributed by atoms with E-state index in [-0.39, 0.29) is 24.8 Å². The molecule has 0 fully saturated rings. The van der Waals surface area contributed by atoms with Crippen LogP contribution in [0.3, 0.4) is 0 Å². The van der Waals surface area contributed by atoms with Crippen LogP contribution in [0.5, 0.6) is 0 Å². The smallest absolute Gasteiger partial charge is 0.0809 e. The topological polar surface area (TPSA) is 0 Å². The van der Waals surface area contributed by atoms with E-state index in [0.29, 0.717) is 0 Å². The predicted octanol–water partition coefficient (Wildman–Crippen LogP) is 0.478. The first-order chi connectivity index (χ1) is 13.4. The number of fused-ring (bicyclic) bond motifs is 2. The zero-order valence-corrected chi connectivity index (χ0v) is 22.0. The molecule has 0 N–H and O–H groups in total. The van der Waals surface area contributed by atoms with E-state index in [2.05, 4.69) is 115 Å². The third-order valence-electron chi connectivity index (χ3n) is 4.23. The first-order valence-corrected chi connectivity index (χ1v) is 15.6. The van der Waals surface area contributed by atoms with E-state index < -0.39 is 0 Å². The van der Waals surface area contributed by atoms with Crippen molar-refractivity contribution < 1.29 is 47.8 Å². The van der Waals surface area contributed by atoms with Crippen molar-refractivity contribution in [3.63, 3.8) is 0 Å². The van der Waals surface area contributed by atoms with Gasteiger partial charge in [0, 0.05) is 0 Å². The van der Waals surface area contributed by atoms with E-state index in [1.165, 1.54) is 62.4 Å². The maximum atomic E-state index is 2.20. The fourth-order valence-electron chi connectivity index (χ4n) is 2.84. The number of rotatable bonds is 2. The van der Waals surface area contributed by atoms with Crippen molar-refractivity contribution >= 4 is 27.8 Å². The van der Waals surface area contributed by atoms with E-state index in [1.54, 1.807) is 0 Å². The van der Waals surface area contributed by atoms with E-state index in [4.69, 9.17) is 0 Å². The fraction of sp³-hybridized carbons (Fsp3) is 0.0400. The number of hydrogen-bond acceptors (Lipinski definition) is 0. The summed E-state index contributed by atoms with van der Waals surface area (Å²) in [5, 5.41) is 5.32. The summed E-state index contributed by atoms with van der Waals surface area (Å²) < 4.78 is 0. The Balaban J connectivity index is 0.000000210. The van der Waals surface area contributed by atoms with Gasteiger partial charge in [-0.1, -0.05) is 12.1 Å². The molecule has 5 aromatic carbocycles. The van der Waals surface area contributed by atoms with Crippen LogP contribution in [0.2, 0.25) is 0 Å². The second-order valence-electron chi connectivity index (χ2n) is 6.15. The van der Waals surface area contributed by atoms with Gasteiger partial charge in [0.1, 0.15) is 0 Å². The van der Waals surface area contributed by atoms with Crippen LogP contribution in [-0.2, 0) is 29.0 Å². The quantitative estimate of drug-likeness (QED) is 0.205. The maximum absolute atomic E-state index is 2.20. The van der Waals surface area contributed by atoms with E-state index in [0.717, 1.165) is 0 Å². The van der Waals surface area contributed by atoms with Crippen LogP contribution in [0.15, 0.2) is 115 Å². The van der Waals surface area contributed by atoms with Crippen LogP contribution in [0.25, 0.3) is 21.5 Å². The first kappa shape index (κ1) is 25.6. The van der Waals surface area contributed by atoms with Crippen LogP contribution in [0, 0.1) is 0 Å². The molecule has 0 aliphatic carbocycles. The average molecular weight is 599 g/mol. The molecule has 0 saturated heterocycles. The monoisotopic (exact) mass is 599 g/mol. The third kappa shape index (κ3) is 8.44. The summed E-state index contributed by atoms with van der Waals surface area (Å²) in [6.07, 6.45) is 1.17. The standard InChI is InChI=1S/2C9H7.C7H7Si.2ClH.Hf/c2*1-2-5-9-7-3-6-8(9)4-1;8-6-7-4-2-1-3-5-7;;;/h2*1-7H;1-5H,6H2;2*1H;/q2*-1;;;;+2/p-2. The van der Waals surface area contributed by atoms with Crippen molar-refractivity contribution in [2.45, 2.75) is 6.04 Å². The Morgan fingerprint density at radius 1 is 0.586 bits per heavy atom. The summed E-state index contributed by atoms with van der Waals surface area (Å²) in [6, 6.07) is 41.3. The molecule has 0 saturated carbocycles. The Morgan fingerprint density at radius 2 is 1.03 bits per heavy atom. The molecular formula is C25H21Cl2HfSi-2. The summed E-state index contributed by atoms with van der Waals surface area (Å²) >= 11 is 1.35. The van der Waals surface area contributed by atoms with Gasteiger partial charge in [0.2, 0.25) is 0 Å². The molecule has 29 heavy (non-hydrogen) atoms. The van der Waals surface area contributed by atoms with Gasteiger partial charge in [-0.25, -0.2) is 0 Å². The SMILES string of the molecule is [Cl-].[Cl-].[Hf+2]=[Si]Cc1ccccc1.c1ccc2[cH-]ccc2c1.c1ccc2[cH-]ccc2c1. The molecule has 1 radical (unpaired) electrons. The van der Waals surface area contributed by atoms with Gasteiger partial charge >= 0.3 is 71.2 Å². The van der Waals surface area contributed by atoms with Crippen molar-refractivity contribution in [2.24, 2.45) is 0 Å². The summed E-state index contributed by atoms with van der Waals surface area (Å²) in [5.41, 5.74) is 1.49. The number of hydrogen-bond donors (Lipinski definition) is 0. The minimum Gasteiger partial charge on any atom is -0.168 e. The normalized spacial score (nSPS) is 9.17. The summed E-state index contributed by atoms with van der Waals surface area (Å²) in [4.78, 5) is 0.